The van der Waals surface area contributed by atoms with Crippen molar-refractivity contribution in [1.29, 1.82) is 0 Å². The molecule has 0 spiro atoms. The lowest BCUT2D eigenvalue weighted by Gasteiger charge is -2.49. The fraction of sp³-hybridized carbons (Fsp3) is 0.450. The van der Waals surface area contributed by atoms with Gasteiger partial charge in [-0.2, -0.15) is 0 Å². The molecule has 2 aliphatic rings. The topological polar surface area (TPSA) is 151 Å². The number of amides is 4. The van der Waals surface area contributed by atoms with Gasteiger partial charge in [0, 0.05) is 16.2 Å². The van der Waals surface area contributed by atoms with E-state index in [1.165, 1.54) is 23.1 Å². The third kappa shape index (κ3) is 6.05. The molecule has 0 aliphatic carbocycles. The van der Waals surface area contributed by atoms with Crippen molar-refractivity contribution < 1.29 is 38.6 Å². The number of carbonyl (C=O) groups is 5. The maximum atomic E-state index is 12.6. The summed E-state index contributed by atoms with van der Waals surface area (Å²) in [6.45, 7) is 4.44. The highest BCUT2D eigenvalue weighted by Crippen LogP contribution is 2.40. The summed E-state index contributed by atoms with van der Waals surface area (Å²) in [4.78, 5) is 62.1. The molecular formula is C20H23N3O8S2. The van der Waals surface area contributed by atoms with E-state index in [1.54, 1.807) is 20.8 Å². The Labute approximate surface area is 197 Å². The normalized spacial score (nSPS) is 19.8. The van der Waals surface area contributed by atoms with Crippen molar-refractivity contribution in [2.75, 3.05) is 12.4 Å². The number of hydrogen-bond acceptors (Lipinski definition) is 9. The lowest BCUT2D eigenvalue weighted by molar-refractivity contribution is -0.150. The predicted octanol–water partition coefficient (Wildman–Crippen LogP) is 1.69. The maximum absolute atomic E-state index is 12.6. The summed E-state index contributed by atoms with van der Waals surface area (Å²) in [6, 6.07) is 2.79. The molecule has 178 valence electrons. The largest absolute Gasteiger partial charge is 0.477 e. The van der Waals surface area contributed by atoms with Crippen LogP contribution in [0.1, 0.15) is 25.6 Å². The molecule has 0 saturated carbocycles. The molecule has 1 unspecified atom stereocenters. The molecule has 11 nitrogen and oxygen atoms in total. The number of thiophene rings is 1. The number of fused-ring (bicyclic) bond motifs is 1. The van der Waals surface area contributed by atoms with Crippen LogP contribution < -0.4 is 10.6 Å². The number of nitrogens with zero attached hydrogens (tertiary/aromatic N) is 1. The summed E-state index contributed by atoms with van der Waals surface area (Å²) in [5.74, 6) is -2.08. The molecule has 33 heavy (non-hydrogen) atoms. The summed E-state index contributed by atoms with van der Waals surface area (Å²) < 4.78 is 9.89. The van der Waals surface area contributed by atoms with Gasteiger partial charge in [-0.25, -0.2) is 19.7 Å². The van der Waals surface area contributed by atoms with Gasteiger partial charge in [-0.1, -0.05) is 6.07 Å². The van der Waals surface area contributed by atoms with Crippen LogP contribution in [0.15, 0.2) is 28.8 Å². The lowest BCUT2D eigenvalue weighted by atomic mass is 10.0. The summed E-state index contributed by atoms with van der Waals surface area (Å²) in [7, 11) is 0. The summed E-state index contributed by atoms with van der Waals surface area (Å²) >= 11 is 2.67. The first kappa shape index (κ1) is 24.6. The van der Waals surface area contributed by atoms with E-state index in [2.05, 4.69) is 5.32 Å². The fourth-order valence-corrected chi connectivity index (χ4v) is 5.20. The molecule has 1 fully saturated rings. The van der Waals surface area contributed by atoms with E-state index in [1.807, 2.05) is 22.8 Å². The number of ether oxygens (including phenoxy) is 2. The minimum absolute atomic E-state index is 0.131. The van der Waals surface area contributed by atoms with Crippen LogP contribution in [0.2, 0.25) is 0 Å². The van der Waals surface area contributed by atoms with Gasteiger partial charge in [-0.15, -0.1) is 23.1 Å². The Morgan fingerprint density at radius 1 is 1.24 bits per heavy atom. The summed E-state index contributed by atoms with van der Waals surface area (Å²) in [5, 5.41) is 15.5. The first-order valence-corrected chi connectivity index (χ1v) is 11.8. The zero-order valence-corrected chi connectivity index (χ0v) is 19.7. The van der Waals surface area contributed by atoms with Gasteiger partial charge in [-0.05, 0) is 32.2 Å². The molecule has 0 aromatic carbocycles. The maximum Gasteiger partial charge on any atom is 0.417 e. The highest BCUT2D eigenvalue weighted by atomic mass is 32.2. The molecule has 13 heteroatoms. The Morgan fingerprint density at radius 3 is 2.58 bits per heavy atom. The minimum Gasteiger partial charge on any atom is -0.477 e. The second kappa shape index (κ2) is 9.83. The molecule has 0 radical (unpaired) electrons. The average molecular weight is 498 g/mol. The van der Waals surface area contributed by atoms with Crippen LogP contribution in [0, 0.1) is 0 Å². The number of carboxylic acid groups (broad SMARTS) is 1. The number of rotatable bonds is 6. The molecule has 3 rings (SSSR count). The zero-order chi connectivity index (χ0) is 24.3. The molecule has 4 amide bonds. The van der Waals surface area contributed by atoms with E-state index in [0.717, 1.165) is 9.78 Å². The molecule has 2 aliphatic heterocycles. The minimum atomic E-state index is -1.36. The van der Waals surface area contributed by atoms with Gasteiger partial charge >= 0.3 is 18.2 Å². The van der Waals surface area contributed by atoms with Gasteiger partial charge in [0.05, 0.1) is 6.42 Å². The van der Waals surface area contributed by atoms with E-state index >= 15 is 0 Å². The van der Waals surface area contributed by atoms with Crippen LogP contribution >= 0.6 is 23.1 Å². The summed E-state index contributed by atoms with van der Waals surface area (Å²) in [5.41, 5.74) is -0.913. The second-order valence-corrected chi connectivity index (χ2v) is 10.3. The quantitative estimate of drug-likeness (QED) is 0.499. The second-order valence-electron chi connectivity index (χ2n) is 8.17. The Balaban J connectivity index is 1.60. The average Bonchev–Trinajstić information content (AvgIpc) is 3.20. The Hall–Kier alpha value is -3.06. The van der Waals surface area contributed by atoms with Crippen molar-refractivity contribution >= 4 is 53.1 Å². The van der Waals surface area contributed by atoms with E-state index in [9.17, 15) is 29.1 Å². The molecular weight excluding hydrogens is 474 g/mol. The number of β-lactam (4-membered cyclic amide) rings is 1. The van der Waals surface area contributed by atoms with Crippen molar-refractivity contribution in [3.05, 3.63) is 33.7 Å². The van der Waals surface area contributed by atoms with Crippen molar-refractivity contribution in [2.24, 2.45) is 0 Å². The number of thioether (sulfide) groups is 1. The van der Waals surface area contributed by atoms with Crippen molar-refractivity contribution in [1.82, 2.24) is 15.5 Å². The molecule has 1 aromatic rings. The van der Waals surface area contributed by atoms with Gasteiger partial charge < -0.3 is 19.9 Å². The van der Waals surface area contributed by atoms with Crippen molar-refractivity contribution in [3.63, 3.8) is 0 Å². The van der Waals surface area contributed by atoms with E-state index in [-0.39, 0.29) is 29.4 Å². The Morgan fingerprint density at radius 2 is 1.97 bits per heavy atom. The summed E-state index contributed by atoms with van der Waals surface area (Å²) in [6.07, 6.45) is -1.98. The highest BCUT2D eigenvalue weighted by Gasteiger charge is 2.54. The van der Waals surface area contributed by atoms with E-state index in [0.29, 0.717) is 0 Å². The van der Waals surface area contributed by atoms with Gasteiger partial charge in [-0.3, -0.25) is 14.5 Å². The molecule has 3 N–H and O–H groups in total. The van der Waals surface area contributed by atoms with Gasteiger partial charge in [0.1, 0.15) is 29.3 Å². The number of carboxylic acids is 1. The monoisotopic (exact) mass is 497 g/mol. The van der Waals surface area contributed by atoms with Crippen LogP contribution in [0.25, 0.3) is 0 Å². The van der Waals surface area contributed by atoms with Crippen molar-refractivity contribution in [3.8, 4) is 0 Å². The van der Waals surface area contributed by atoms with Gasteiger partial charge in [0.15, 0.2) is 0 Å². The third-order valence-electron chi connectivity index (χ3n) is 4.46. The number of hydrogen-bond donors (Lipinski definition) is 3. The van der Waals surface area contributed by atoms with E-state index in [4.69, 9.17) is 9.47 Å². The van der Waals surface area contributed by atoms with Crippen LogP contribution in [-0.2, 0) is 30.3 Å². The number of carbonyl (C=O) groups excluding carboxylic acids is 4. The third-order valence-corrected chi connectivity index (χ3v) is 6.68. The highest BCUT2D eigenvalue weighted by molar-refractivity contribution is 8.00. The van der Waals surface area contributed by atoms with E-state index < -0.39 is 47.7 Å². The van der Waals surface area contributed by atoms with Crippen LogP contribution in [-0.4, -0.2) is 69.4 Å². The van der Waals surface area contributed by atoms with Crippen LogP contribution in [0.5, 0.6) is 0 Å². The van der Waals surface area contributed by atoms with Gasteiger partial charge in [0.2, 0.25) is 5.91 Å². The van der Waals surface area contributed by atoms with Crippen LogP contribution in [0.4, 0.5) is 9.59 Å². The zero-order valence-electron chi connectivity index (χ0n) is 18.1. The first-order chi connectivity index (χ1) is 15.5. The Kier molecular flexibility index (Phi) is 7.32. The molecule has 2 atom stereocenters. The molecule has 0 bridgehead atoms. The fourth-order valence-electron chi connectivity index (χ4n) is 3.17. The molecule has 1 aromatic heterocycles. The number of alkyl carbamates (subject to hydrolysis) is 2. The smallest absolute Gasteiger partial charge is 0.417 e. The number of aliphatic carboxylic acids is 1. The Bertz CT molecular complexity index is 999. The number of nitrogens with one attached hydrogen (secondary N) is 2. The molecule has 1 saturated heterocycles. The van der Waals surface area contributed by atoms with Gasteiger partial charge in [0.25, 0.3) is 5.91 Å². The lowest BCUT2D eigenvalue weighted by Crippen LogP contribution is -2.70. The molecule has 3 heterocycles. The van der Waals surface area contributed by atoms with Crippen LogP contribution in [0.3, 0.4) is 0 Å². The first-order valence-electron chi connectivity index (χ1n) is 9.85. The predicted molar refractivity (Wildman–Crippen MR) is 118 cm³/mol. The number of imide groups is 1. The SMILES string of the molecule is CC(C)(C)OC(=O)NC(=O)OCC1=C(C(=O)O)N2C(=O)C(NC(=O)Cc3cccs3)[C@H]2SC1. The van der Waals surface area contributed by atoms with Crippen molar-refractivity contribution in [2.45, 2.75) is 44.2 Å². The standard InChI is InChI=1S/C20H23N3O8S2/c1-20(2,3)31-19(29)22-18(28)30-8-10-9-33-16-13(15(25)23(16)14(10)17(26)27)21-12(24)7-11-5-4-6-32-11/h4-6,13,16H,7-9H2,1-3H3,(H,21,24)(H,26,27)(H,22,28,29)/t13?,16-/m1/s1.